The molecule has 0 amide bonds. The van der Waals surface area contributed by atoms with Gasteiger partial charge in [0.05, 0.1) is 5.69 Å². The van der Waals surface area contributed by atoms with Crippen LogP contribution in [0.4, 0.5) is 0 Å². The van der Waals surface area contributed by atoms with Crippen molar-refractivity contribution in [3.05, 3.63) is 40.8 Å². The van der Waals surface area contributed by atoms with E-state index < -0.39 is 0 Å². The van der Waals surface area contributed by atoms with E-state index in [2.05, 4.69) is 10.1 Å². The van der Waals surface area contributed by atoms with Gasteiger partial charge in [-0.1, -0.05) is 6.07 Å². The van der Waals surface area contributed by atoms with E-state index in [1.54, 1.807) is 10.7 Å². The average Bonchev–Trinajstić information content (AvgIpc) is 2.57. The molecule has 2 rings (SSSR count). The quantitative estimate of drug-likeness (QED) is 0.727. The molecule has 0 atom stereocenters. The second-order valence-corrected chi connectivity index (χ2v) is 3.70. The smallest absolute Gasteiger partial charge is 0.155 e. The van der Waals surface area contributed by atoms with Crippen LogP contribution >= 0.6 is 0 Å². The lowest BCUT2D eigenvalue weighted by molar-refractivity contribution is 0.804. The zero-order chi connectivity index (χ0) is 11.7. The van der Waals surface area contributed by atoms with Crippen molar-refractivity contribution >= 4 is 0 Å². The summed E-state index contributed by atoms with van der Waals surface area (Å²) in [5.74, 6) is 0.688. The summed E-state index contributed by atoms with van der Waals surface area (Å²) in [5.41, 5.74) is 3.61. The van der Waals surface area contributed by atoms with Crippen LogP contribution in [-0.2, 0) is 0 Å². The predicted molar refractivity (Wildman–Crippen MR) is 60.3 cm³/mol. The van der Waals surface area contributed by atoms with Gasteiger partial charge in [-0.2, -0.15) is 10.4 Å². The molecule has 0 aliphatic carbocycles. The van der Waals surface area contributed by atoms with Crippen molar-refractivity contribution in [2.45, 2.75) is 20.8 Å². The molecular weight excluding hydrogens is 200 g/mol. The Bertz CT molecular complexity index is 575. The van der Waals surface area contributed by atoms with Crippen molar-refractivity contribution in [1.29, 1.82) is 5.26 Å². The first-order valence-corrected chi connectivity index (χ1v) is 5.04. The molecule has 0 fully saturated rings. The first-order chi connectivity index (χ1) is 7.63. The van der Waals surface area contributed by atoms with Crippen LogP contribution in [0.15, 0.2) is 18.2 Å². The fourth-order valence-corrected chi connectivity index (χ4v) is 1.55. The highest BCUT2D eigenvalue weighted by molar-refractivity contribution is 5.34. The van der Waals surface area contributed by atoms with Crippen LogP contribution in [0.2, 0.25) is 0 Å². The van der Waals surface area contributed by atoms with Crippen LogP contribution in [-0.4, -0.2) is 14.8 Å². The van der Waals surface area contributed by atoms with E-state index in [1.807, 2.05) is 39.0 Å². The molecule has 2 heterocycles. The molecule has 0 aliphatic heterocycles. The van der Waals surface area contributed by atoms with Gasteiger partial charge in [0.1, 0.15) is 11.8 Å². The second-order valence-electron chi connectivity index (χ2n) is 3.70. The lowest BCUT2D eigenvalue weighted by Gasteiger charge is -2.03. The van der Waals surface area contributed by atoms with E-state index in [4.69, 9.17) is 5.26 Å². The topological polar surface area (TPSA) is 54.5 Å². The predicted octanol–water partition coefficient (Wildman–Crippen LogP) is 2.06. The van der Waals surface area contributed by atoms with Crippen molar-refractivity contribution in [3.8, 4) is 11.9 Å². The van der Waals surface area contributed by atoms with Crippen LogP contribution in [0.1, 0.15) is 22.6 Å². The Balaban J connectivity index is 2.59. The Morgan fingerprint density at radius 3 is 2.56 bits per heavy atom. The van der Waals surface area contributed by atoms with Crippen molar-refractivity contribution < 1.29 is 0 Å². The van der Waals surface area contributed by atoms with Gasteiger partial charge in [-0.25, -0.2) is 9.67 Å². The Labute approximate surface area is 94.2 Å². The largest absolute Gasteiger partial charge is 0.219 e. The molecule has 0 aromatic carbocycles. The van der Waals surface area contributed by atoms with Gasteiger partial charge in [0.2, 0.25) is 0 Å². The summed E-state index contributed by atoms with van der Waals surface area (Å²) in [6, 6.07) is 7.37. The number of nitriles is 1. The third kappa shape index (κ3) is 1.57. The number of aryl methyl sites for hydroxylation is 1. The molecule has 0 unspecified atom stereocenters. The van der Waals surface area contributed by atoms with Crippen molar-refractivity contribution in [2.75, 3.05) is 0 Å². The molecule has 0 bridgehead atoms. The first-order valence-electron chi connectivity index (χ1n) is 5.04. The van der Waals surface area contributed by atoms with Crippen molar-refractivity contribution in [1.82, 2.24) is 14.8 Å². The summed E-state index contributed by atoms with van der Waals surface area (Å²) in [6.07, 6.45) is 0. The molecule has 2 aromatic rings. The van der Waals surface area contributed by atoms with Crippen LogP contribution in [0, 0.1) is 32.1 Å². The Hall–Kier alpha value is -2.15. The van der Waals surface area contributed by atoms with Crippen LogP contribution in [0.3, 0.4) is 0 Å². The fraction of sp³-hybridized carbons (Fsp3) is 0.250. The molecule has 80 valence electrons. The molecule has 0 N–H and O–H groups in total. The summed E-state index contributed by atoms with van der Waals surface area (Å²) in [7, 11) is 0. The van der Waals surface area contributed by atoms with Crippen LogP contribution < -0.4 is 0 Å². The molecule has 0 spiro atoms. The van der Waals surface area contributed by atoms with Gasteiger partial charge in [0.25, 0.3) is 0 Å². The van der Waals surface area contributed by atoms with Gasteiger partial charge in [-0.15, -0.1) is 0 Å². The number of rotatable bonds is 1. The third-order valence-electron chi connectivity index (χ3n) is 2.72. The normalized spacial score (nSPS) is 10.1. The molecule has 2 aromatic heterocycles. The highest BCUT2D eigenvalue weighted by Crippen LogP contribution is 2.15. The van der Waals surface area contributed by atoms with E-state index in [-0.39, 0.29) is 0 Å². The summed E-state index contributed by atoms with van der Waals surface area (Å²) in [6.45, 7) is 5.99. The molecule has 4 nitrogen and oxygen atoms in total. The van der Waals surface area contributed by atoms with Gasteiger partial charge >= 0.3 is 0 Å². The third-order valence-corrected chi connectivity index (χ3v) is 2.72. The number of hydrogen-bond donors (Lipinski definition) is 0. The summed E-state index contributed by atoms with van der Waals surface area (Å²) < 4.78 is 1.77. The number of pyridine rings is 1. The molecule has 0 aliphatic rings. The first kappa shape index (κ1) is 10.4. The molecular formula is C12H12N4. The van der Waals surface area contributed by atoms with Gasteiger partial charge in [-0.05, 0) is 38.5 Å². The highest BCUT2D eigenvalue weighted by atomic mass is 15.3. The number of nitrogens with zero attached hydrogens (tertiary/aromatic N) is 4. The van der Waals surface area contributed by atoms with Crippen molar-refractivity contribution in [3.63, 3.8) is 0 Å². The van der Waals surface area contributed by atoms with Gasteiger partial charge < -0.3 is 0 Å². The minimum Gasteiger partial charge on any atom is -0.219 e. The summed E-state index contributed by atoms with van der Waals surface area (Å²) >= 11 is 0. The number of aromatic nitrogens is 3. The Morgan fingerprint density at radius 1 is 1.25 bits per heavy atom. The van der Waals surface area contributed by atoms with Gasteiger partial charge in [0.15, 0.2) is 5.82 Å². The van der Waals surface area contributed by atoms with E-state index in [9.17, 15) is 0 Å². The second kappa shape index (κ2) is 3.78. The minimum absolute atomic E-state index is 0.405. The molecule has 0 radical (unpaired) electrons. The monoisotopic (exact) mass is 212 g/mol. The SMILES string of the molecule is Cc1nn(-c2cccc(C#N)n2)c(C)c1C. The van der Waals surface area contributed by atoms with Crippen LogP contribution in [0.25, 0.3) is 5.82 Å². The zero-order valence-corrected chi connectivity index (χ0v) is 9.52. The lowest BCUT2D eigenvalue weighted by atomic mass is 10.2. The van der Waals surface area contributed by atoms with Gasteiger partial charge in [-0.3, -0.25) is 0 Å². The maximum absolute atomic E-state index is 8.80. The molecule has 4 heteroatoms. The van der Waals surface area contributed by atoms with E-state index >= 15 is 0 Å². The van der Waals surface area contributed by atoms with E-state index in [1.165, 1.54) is 0 Å². The summed E-state index contributed by atoms with van der Waals surface area (Å²) in [4.78, 5) is 4.22. The highest BCUT2D eigenvalue weighted by Gasteiger charge is 2.09. The maximum Gasteiger partial charge on any atom is 0.155 e. The standard InChI is InChI=1S/C12H12N4/c1-8-9(2)15-16(10(8)3)12-6-4-5-11(7-13)14-12/h4-6H,1-3H3. The maximum atomic E-state index is 8.80. The van der Waals surface area contributed by atoms with E-state index in [0.29, 0.717) is 11.5 Å². The van der Waals surface area contributed by atoms with Crippen LogP contribution in [0.5, 0.6) is 0 Å². The molecule has 0 saturated heterocycles. The molecule has 0 saturated carbocycles. The summed E-state index contributed by atoms with van der Waals surface area (Å²) in [5, 5.41) is 13.2. The minimum atomic E-state index is 0.405. The fourth-order valence-electron chi connectivity index (χ4n) is 1.55. The van der Waals surface area contributed by atoms with E-state index in [0.717, 1.165) is 17.0 Å². The van der Waals surface area contributed by atoms with Gasteiger partial charge in [0, 0.05) is 5.69 Å². The average molecular weight is 212 g/mol. The lowest BCUT2D eigenvalue weighted by Crippen LogP contribution is -2.02. The Morgan fingerprint density at radius 2 is 2.00 bits per heavy atom. The number of hydrogen-bond acceptors (Lipinski definition) is 3. The Kier molecular flexibility index (Phi) is 2.45. The zero-order valence-electron chi connectivity index (χ0n) is 9.52. The molecule has 16 heavy (non-hydrogen) atoms. The van der Waals surface area contributed by atoms with Crippen molar-refractivity contribution in [2.24, 2.45) is 0 Å².